The summed E-state index contributed by atoms with van der Waals surface area (Å²) in [6.07, 6.45) is 11.1. The van der Waals surface area contributed by atoms with Gasteiger partial charge in [0.15, 0.2) is 0 Å². The van der Waals surface area contributed by atoms with Crippen LogP contribution < -0.4 is 0 Å². The fraction of sp³-hybridized carbons (Fsp3) is 0.368. The van der Waals surface area contributed by atoms with Crippen LogP contribution in [0, 0.1) is 0 Å². The molecule has 0 spiro atoms. The van der Waals surface area contributed by atoms with Crippen LogP contribution in [0.4, 0.5) is 0 Å². The molecule has 2 heterocycles. The van der Waals surface area contributed by atoms with E-state index in [1.54, 1.807) is 12.4 Å². The minimum Gasteiger partial charge on any atom is -0.507 e. The molecule has 0 aliphatic heterocycles. The molecule has 2 aromatic carbocycles. The number of hydrogen-bond donors (Lipinski definition) is 2. The van der Waals surface area contributed by atoms with Crippen molar-refractivity contribution in [3.63, 3.8) is 0 Å². The SMILES string of the molecule is CC(C)(C)c1cc(C=N[C@H]2CCCC[C@@H]2N=Cc2cc(C(C)(C)C)cc(-c3ccccn3)c2O)c(O)c(-c2ccccn2)c1.[Cu]. The van der Waals surface area contributed by atoms with Gasteiger partial charge in [0.05, 0.1) is 23.5 Å². The number of rotatable bonds is 6. The summed E-state index contributed by atoms with van der Waals surface area (Å²) in [5, 5.41) is 22.7. The molecule has 0 bridgehead atoms. The van der Waals surface area contributed by atoms with Gasteiger partial charge in [-0.15, -0.1) is 0 Å². The van der Waals surface area contributed by atoms with Crippen molar-refractivity contribution in [2.24, 2.45) is 9.98 Å². The van der Waals surface area contributed by atoms with Crippen molar-refractivity contribution in [2.45, 2.75) is 90.1 Å². The first-order valence-electron chi connectivity index (χ1n) is 15.6. The number of aromatic nitrogens is 2. The molecule has 0 amide bonds. The zero-order valence-corrected chi connectivity index (χ0v) is 28.0. The maximum absolute atomic E-state index is 11.3. The molecule has 239 valence electrons. The maximum Gasteiger partial charge on any atom is 0.133 e. The van der Waals surface area contributed by atoms with Crippen molar-refractivity contribution in [1.29, 1.82) is 0 Å². The Kier molecular flexibility index (Phi) is 10.7. The molecule has 1 saturated carbocycles. The minimum atomic E-state index is -0.116. The topological polar surface area (TPSA) is 91.0 Å². The molecule has 2 atom stereocenters. The summed E-state index contributed by atoms with van der Waals surface area (Å²) in [5.74, 6) is 0.365. The summed E-state index contributed by atoms with van der Waals surface area (Å²) >= 11 is 0. The van der Waals surface area contributed by atoms with E-state index in [-0.39, 0.29) is 51.5 Å². The van der Waals surface area contributed by atoms with Gasteiger partial charge < -0.3 is 10.2 Å². The van der Waals surface area contributed by atoms with Crippen LogP contribution in [-0.4, -0.2) is 44.7 Å². The van der Waals surface area contributed by atoms with E-state index in [4.69, 9.17) is 9.98 Å². The molecule has 7 heteroatoms. The number of aliphatic imine (C=N–C) groups is 2. The molecule has 6 nitrogen and oxygen atoms in total. The van der Waals surface area contributed by atoms with Gasteiger partial charge in [-0.2, -0.15) is 0 Å². The third kappa shape index (κ3) is 8.08. The Hall–Kier alpha value is -3.80. The van der Waals surface area contributed by atoms with Gasteiger partial charge in [-0.1, -0.05) is 66.5 Å². The van der Waals surface area contributed by atoms with Crippen LogP contribution in [0.3, 0.4) is 0 Å². The van der Waals surface area contributed by atoms with Crippen molar-refractivity contribution in [2.75, 3.05) is 0 Å². The Morgan fingerprint density at radius 3 is 1.38 bits per heavy atom. The molecular formula is C38H44CuN4O2. The molecule has 2 N–H and O–H groups in total. The molecule has 45 heavy (non-hydrogen) atoms. The maximum atomic E-state index is 11.3. The van der Waals surface area contributed by atoms with Crippen LogP contribution in [0.15, 0.2) is 83.0 Å². The number of hydrogen-bond acceptors (Lipinski definition) is 6. The first-order chi connectivity index (χ1) is 20.9. The summed E-state index contributed by atoms with van der Waals surface area (Å²) in [4.78, 5) is 19.0. The number of nitrogens with zero attached hydrogens (tertiary/aromatic N) is 4. The molecule has 0 unspecified atom stereocenters. The van der Waals surface area contributed by atoms with Gasteiger partial charge in [0.1, 0.15) is 11.5 Å². The average molecular weight is 652 g/mol. The molecule has 1 radical (unpaired) electrons. The average Bonchev–Trinajstić information content (AvgIpc) is 3.00. The van der Waals surface area contributed by atoms with E-state index in [1.165, 1.54) is 0 Å². The number of benzene rings is 2. The van der Waals surface area contributed by atoms with E-state index < -0.39 is 0 Å². The molecular weight excluding hydrogens is 608 g/mol. The second-order valence-corrected chi connectivity index (χ2v) is 13.8. The van der Waals surface area contributed by atoms with Gasteiger partial charge >= 0.3 is 0 Å². The summed E-state index contributed by atoms with van der Waals surface area (Å²) in [6, 6.07) is 19.5. The van der Waals surface area contributed by atoms with E-state index in [2.05, 4.69) is 51.5 Å². The number of aromatic hydroxyl groups is 2. The quantitative estimate of drug-likeness (QED) is 0.161. The third-order valence-corrected chi connectivity index (χ3v) is 8.40. The van der Waals surface area contributed by atoms with Crippen LogP contribution in [0.1, 0.15) is 89.5 Å². The molecule has 1 fully saturated rings. The number of pyridine rings is 2. The van der Waals surface area contributed by atoms with Crippen LogP contribution in [0.5, 0.6) is 11.5 Å². The van der Waals surface area contributed by atoms with Crippen molar-refractivity contribution >= 4 is 12.4 Å². The van der Waals surface area contributed by atoms with Crippen LogP contribution >= 0.6 is 0 Å². The molecule has 2 aromatic heterocycles. The largest absolute Gasteiger partial charge is 0.507 e. The smallest absolute Gasteiger partial charge is 0.133 e. The second-order valence-electron chi connectivity index (χ2n) is 13.8. The summed E-state index contributed by atoms with van der Waals surface area (Å²) in [6.45, 7) is 13.0. The predicted molar refractivity (Wildman–Crippen MR) is 181 cm³/mol. The normalized spacial score (nSPS) is 17.5. The molecule has 4 aromatic rings. The summed E-state index contributed by atoms with van der Waals surface area (Å²) < 4.78 is 0. The Balaban J connectivity index is 0.00000461. The first-order valence-corrected chi connectivity index (χ1v) is 15.6. The van der Waals surface area contributed by atoms with Crippen LogP contribution in [0.2, 0.25) is 0 Å². The standard InChI is InChI=1S/C38H44N4O2.Cu/c1-37(2,3)27-19-25(35(43)29(21-27)31-13-9-11-17-39-31)23-41-33-15-7-8-16-34(33)42-24-26-20-28(38(4,5)6)22-30(36(26)44)32-14-10-12-18-40-32;/h9-14,17-24,33-34,43-44H,7-8,15-16H2,1-6H3;/t33-,34-;/m0./s1. The van der Waals surface area contributed by atoms with Crippen molar-refractivity contribution < 1.29 is 27.3 Å². The molecule has 1 aliphatic rings. The summed E-state index contributed by atoms with van der Waals surface area (Å²) in [7, 11) is 0. The van der Waals surface area contributed by atoms with Gasteiger partial charge in [-0.3, -0.25) is 20.0 Å². The van der Waals surface area contributed by atoms with E-state index in [1.807, 2.05) is 73.1 Å². The molecule has 5 rings (SSSR count). The Bertz CT molecular complexity index is 1530. The Labute approximate surface area is 278 Å². The van der Waals surface area contributed by atoms with Gasteiger partial charge in [0.2, 0.25) is 0 Å². The van der Waals surface area contributed by atoms with Crippen molar-refractivity contribution in [3.8, 4) is 34.0 Å². The molecule has 1 aliphatic carbocycles. The fourth-order valence-electron chi connectivity index (χ4n) is 5.60. The second kappa shape index (κ2) is 14.1. The van der Waals surface area contributed by atoms with E-state index >= 15 is 0 Å². The van der Waals surface area contributed by atoms with Crippen LogP contribution in [0.25, 0.3) is 22.5 Å². The van der Waals surface area contributed by atoms with Gasteiger partial charge in [0.25, 0.3) is 0 Å². The predicted octanol–water partition coefficient (Wildman–Crippen LogP) is 8.66. The van der Waals surface area contributed by atoms with Crippen molar-refractivity contribution in [3.05, 3.63) is 95.3 Å². The minimum absolute atomic E-state index is 0. The Morgan fingerprint density at radius 1 is 0.644 bits per heavy atom. The van der Waals surface area contributed by atoms with Gasteiger partial charge in [-0.05, 0) is 83.3 Å². The summed E-state index contributed by atoms with van der Waals surface area (Å²) in [5.41, 5.74) is 6.21. The van der Waals surface area contributed by atoms with Gasteiger partial charge in [0, 0.05) is 64.1 Å². The van der Waals surface area contributed by atoms with E-state index in [0.717, 1.165) is 48.2 Å². The fourth-order valence-corrected chi connectivity index (χ4v) is 5.60. The number of phenols is 2. The van der Waals surface area contributed by atoms with E-state index in [9.17, 15) is 10.2 Å². The van der Waals surface area contributed by atoms with Gasteiger partial charge in [-0.25, -0.2) is 0 Å². The van der Waals surface area contributed by atoms with E-state index in [0.29, 0.717) is 22.3 Å². The molecule has 0 saturated heterocycles. The monoisotopic (exact) mass is 651 g/mol. The third-order valence-electron chi connectivity index (χ3n) is 8.40. The zero-order chi connectivity index (χ0) is 31.5. The first kappa shape index (κ1) is 34.1. The van der Waals surface area contributed by atoms with Crippen LogP contribution in [-0.2, 0) is 27.9 Å². The Morgan fingerprint density at radius 2 is 1.04 bits per heavy atom. The van der Waals surface area contributed by atoms with Crippen molar-refractivity contribution in [1.82, 2.24) is 9.97 Å². The zero-order valence-electron chi connectivity index (χ0n) is 27.1. The number of phenolic OH excluding ortho intramolecular Hbond substituents is 2.